The van der Waals surface area contributed by atoms with Crippen LogP contribution in [0.15, 0.2) is 33.3 Å². The predicted molar refractivity (Wildman–Crippen MR) is 76.4 cm³/mol. The molecule has 0 aliphatic heterocycles. The molecule has 1 aromatic carbocycles. The molecule has 1 N–H and O–H groups in total. The number of hydrogen-bond acceptors (Lipinski definition) is 3. The van der Waals surface area contributed by atoms with Crippen molar-refractivity contribution in [2.24, 2.45) is 0 Å². The molecule has 0 aliphatic carbocycles. The van der Waals surface area contributed by atoms with Crippen LogP contribution >= 0.6 is 15.9 Å². The number of oxazole rings is 1. The summed E-state index contributed by atoms with van der Waals surface area (Å²) in [6.07, 6.45) is 1.77. The standard InChI is InChI=1S/C14H17BrN2O/c1-9(2)16-8-13-17-7-12(18-13)11-6-4-5-10(3)14(11)15/h4-7,9,16H,8H2,1-3H3. The van der Waals surface area contributed by atoms with Gasteiger partial charge in [0.2, 0.25) is 5.89 Å². The van der Waals surface area contributed by atoms with E-state index >= 15 is 0 Å². The molecular formula is C14H17BrN2O. The van der Waals surface area contributed by atoms with Crippen molar-refractivity contribution in [1.82, 2.24) is 10.3 Å². The molecule has 18 heavy (non-hydrogen) atoms. The van der Waals surface area contributed by atoms with Gasteiger partial charge >= 0.3 is 0 Å². The van der Waals surface area contributed by atoms with E-state index in [1.165, 1.54) is 5.56 Å². The number of nitrogens with one attached hydrogen (secondary N) is 1. The largest absolute Gasteiger partial charge is 0.439 e. The van der Waals surface area contributed by atoms with Gasteiger partial charge in [0, 0.05) is 16.1 Å². The van der Waals surface area contributed by atoms with Gasteiger partial charge in [-0.05, 0) is 28.4 Å². The van der Waals surface area contributed by atoms with Gasteiger partial charge in [-0.1, -0.05) is 32.0 Å². The highest BCUT2D eigenvalue weighted by Gasteiger charge is 2.10. The molecule has 96 valence electrons. The van der Waals surface area contributed by atoms with E-state index in [1.807, 2.05) is 12.1 Å². The molecule has 2 aromatic rings. The number of hydrogen-bond donors (Lipinski definition) is 1. The van der Waals surface area contributed by atoms with Gasteiger partial charge in [0.15, 0.2) is 5.76 Å². The van der Waals surface area contributed by atoms with Gasteiger partial charge in [-0.15, -0.1) is 0 Å². The Morgan fingerprint density at radius 1 is 1.39 bits per heavy atom. The summed E-state index contributed by atoms with van der Waals surface area (Å²) in [5.41, 5.74) is 2.23. The van der Waals surface area contributed by atoms with Crippen LogP contribution in [0.3, 0.4) is 0 Å². The molecule has 0 unspecified atom stereocenters. The monoisotopic (exact) mass is 308 g/mol. The van der Waals surface area contributed by atoms with E-state index in [1.54, 1.807) is 6.20 Å². The molecule has 4 heteroatoms. The molecule has 0 radical (unpaired) electrons. The van der Waals surface area contributed by atoms with Crippen molar-refractivity contribution in [2.45, 2.75) is 33.4 Å². The van der Waals surface area contributed by atoms with E-state index in [2.05, 4.69) is 53.1 Å². The number of halogens is 1. The van der Waals surface area contributed by atoms with Gasteiger partial charge in [0.05, 0.1) is 12.7 Å². The fourth-order valence-electron chi connectivity index (χ4n) is 1.65. The second-order valence-corrected chi connectivity index (χ2v) is 5.38. The van der Waals surface area contributed by atoms with Crippen molar-refractivity contribution in [1.29, 1.82) is 0 Å². The van der Waals surface area contributed by atoms with E-state index in [9.17, 15) is 0 Å². The fraction of sp³-hybridized carbons (Fsp3) is 0.357. The van der Waals surface area contributed by atoms with E-state index in [4.69, 9.17) is 4.42 Å². The zero-order valence-corrected chi connectivity index (χ0v) is 12.4. The summed E-state index contributed by atoms with van der Waals surface area (Å²) in [6, 6.07) is 6.53. The number of aryl methyl sites for hydroxylation is 1. The summed E-state index contributed by atoms with van der Waals surface area (Å²) in [5, 5.41) is 3.28. The summed E-state index contributed by atoms with van der Waals surface area (Å²) >= 11 is 3.58. The lowest BCUT2D eigenvalue weighted by atomic mass is 10.1. The third-order valence-electron chi connectivity index (χ3n) is 2.67. The fourth-order valence-corrected chi connectivity index (χ4v) is 2.11. The van der Waals surface area contributed by atoms with Crippen molar-refractivity contribution in [2.75, 3.05) is 0 Å². The molecule has 3 nitrogen and oxygen atoms in total. The first-order valence-electron chi connectivity index (χ1n) is 6.01. The van der Waals surface area contributed by atoms with Crippen LogP contribution < -0.4 is 5.32 Å². The zero-order valence-electron chi connectivity index (χ0n) is 10.8. The van der Waals surface area contributed by atoms with Gasteiger partial charge in [0.1, 0.15) is 0 Å². The lowest BCUT2D eigenvalue weighted by molar-refractivity contribution is 0.459. The lowest BCUT2D eigenvalue weighted by Crippen LogP contribution is -2.21. The molecule has 0 aliphatic rings. The van der Waals surface area contributed by atoms with Crippen molar-refractivity contribution in [3.8, 4) is 11.3 Å². The maximum absolute atomic E-state index is 5.75. The van der Waals surface area contributed by atoms with Crippen molar-refractivity contribution >= 4 is 15.9 Å². The molecule has 1 heterocycles. The molecule has 0 fully saturated rings. The van der Waals surface area contributed by atoms with Crippen LogP contribution in [0.1, 0.15) is 25.3 Å². The van der Waals surface area contributed by atoms with E-state index in [0.29, 0.717) is 18.5 Å². The summed E-state index contributed by atoms with van der Waals surface area (Å²) in [7, 11) is 0. The summed E-state index contributed by atoms with van der Waals surface area (Å²) < 4.78 is 6.81. The van der Waals surface area contributed by atoms with Crippen LogP contribution in [0.25, 0.3) is 11.3 Å². The Labute approximate surface area is 116 Å². The normalized spacial score (nSPS) is 11.2. The summed E-state index contributed by atoms with van der Waals surface area (Å²) in [4.78, 5) is 4.29. The summed E-state index contributed by atoms with van der Waals surface area (Å²) in [6.45, 7) is 6.91. The maximum Gasteiger partial charge on any atom is 0.208 e. The Morgan fingerprint density at radius 2 is 2.17 bits per heavy atom. The molecule has 2 rings (SSSR count). The van der Waals surface area contributed by atoms with E-state index in [0.717, 1.165) is 15.8 Å². The first-order chi connectivity index (χ1) is 8.58. The topological polar surface area (TPSA) is 38.1 Å². The molecule has 1 aromatic heterocycles. The smallest absolute Gasteiger partial charge is 0.208 e. The summed E-state index contributed by atoms with van der Waals surface area (Å²) in [5.74, 6) is 1.51. The number of rotatable bonds is 4. The van der Waals surface area contributed by atoms with Crippen LogP contribution in [0, 0.1) is 6.92 Å². The Morgan fingerprint density at radius 3 is 2.89 bits per heavy atom. The molecule has 0 saturated heterocycles. The van der Waals surface area contributed by atoms with Gasteiger partial charge in [0.25, 0.3) is 0 Å². The third kappa shape index (κ3) is 3.00. The van der Waals surface area contributed by atoms with Gasteiger partial charge in [-0.25, -0.2) is 4.98 Å². The Kier molecular flexibility index (Phi) is 4.19. The minimum atomic E-state index is 0.422. The minimum Gasteiger partial charge on any atom is -0.439 e. The van der Waals surface area contributed by atoms with Crippen LogP contribution in [-0.2, 0) is 6.54 Å². The molecule has 0 saturated carbocycles. The van der Waals surface area contributed by atoms with Crippen LogP contribution in [0.2, 0.25) is 0 Å². The van der Waals surface area contributed by atoms with Gasteiger partial charge < -0.3 is 9.73 Å². The molecule has 0 amide bonds. The molecule has 0 bridgehead atoms. The zero-order chi connectivity index (χ0) is 13.1. The highest BCUT2D eigenvalue weighted by molar-refractivity contribution is 9.10. The Balaban J connectivity index is 2.21. The molecular weight excluding hydrogens is 292 g/mol. The minimum absolute atomic E-state index is 0.422. The van der Waals surface area contributed by atoms with Gasteiger partial charge in [-0.3, -0.25) is 0 Å². The second kappa shape index (κ2) is 5.67. The first-order valence-corrected chi connectivity index (χ1v) is 6.81. The Bertz CT molecular complexity index is 534. The maximum atomic E-state index is 5.75. The average molecular weight is 309 g/mol. The quantitative estimate of drug-likeness (QED) is 0.930. The van der Waals surface area contributed by atoms with Crippen LogP contribution in [0.5, 0.6) is 0 Å². The van der Waals surface area contributed by atoms with Crippen LogP contribution in [0.4, 0.5) is 0 Å². The predicted octanol–water partition coefficient (Wildman–Crippen LogP) is 3.91. The Hall–Kier alpha value is -1.13. The third-order valence-corrected chi connectivity index (χ3v) is 3.72. The van der Waals surface area contributed by atoms with E-state index in [-0.39, 0.29) is 0 Å². The second-order valence-electron chi connectivity index (χ2n) is 4.59. The van der Waals surface area contributed by atoms with Gasteiger partial charge in [-0.2, -0.15) is 0 Å². The van der Waals surface area contributed by atoms with Crippen molar-refractivity contribution in [3.63, 3.8) is 0 Å². The van der Waals surface area contributed by atoms with Crippen molar-refractivity contribution < 1.29 is 4.42 Å². The number of aromatic nitrogens is 1. The number of nitrogens with zero attached hydrogens (tertiary/aromatic N) is 1. The lowest BCUT2D eigenvalue weighted by Gasteiger charge is -2.05. The van der Waals surface area contributed by atoms with Crippen molar-refractivity contribution in [3.05, 3.63) is 40.3 Å². The average Bonchev–Trinajstić information content (AvgIpc) is 2.78. The highest BCUT2D eigenvalue weighted by atomic mass is 79.9. The van der Waals surface area contributed by atoms with E-state index < -0.39 is 0 Å². The highest BCUT2D eigenvalue weighted by Crippen LogP contribution is 2.31. The van der Waals surface area contributed by atoms with Crippen LogP contribution in [-0.4, -0.2) is 11.0 Å². The molecule has 0 atom stereocenters. The SMILES string of the molecule is Cc1cccc(-c2cnc(CNC(C)C)o2)c1Br. The first kappa shape index (κ1) is 13.3. The number of benzene rings is 1. The molecule has 0 spiro atoms.